The minimum Gasteiger partial charge on any atom is -0.357 e. The maximum Gasteiger partial charge on any atom is 0.152 e. The van der Waals surface area contributed by atoms with Gasteiger partial charge in [-0.1, -0.05) is 0 Å². The Hall–Kier alpha value is -0.0900. The molecular formula is C3H10NO2S+. The van der Waals surface area contributed by atoms with Gasteiger partial charge in [0.15, 0.2) is 9.84 Å². The molecule has 0 unspecified atom stereocenters. The fraction of sp³-hybridized carbons (Fsp3) is 1.00. The fourth-order valence-electron chi connectivity index (χ4n) is 0.262. The molecule has 44 valence electrons. The molecule has 0 fully saturated rings. The van der Waals surface area contributed by atoms with Crippen molar-refractivity contribution in [2.24, 2.45) is 0 Å². The summed E-state index contributed by atoms with van der Waals surface area (Å²) in [4.78, 5) is 0. The van der Waals surface area contributed by atoms with Gasteiger partial charge in [-0.2, -0.15) is 0 Å². The predicted octanol–water partition coefficient (Wildman–Crippen LogP) is -1.73. The molecule has 0 amide bonds. The molecule has 3 N–H and O–H groups in total. The molecule has 0 aromatic carbocycles. The molecular weight excluding hydrogens is 114 g/mol. The lowest BCUT2D eigenvalue weighted by molar-refractivity contribution is -0.360. The summed E-state index contributed by atoms with van der Waals surface area (Å²) in [6.07, 6.45) is 1.21. The predicted molar refractivity (Wildman–Crippen MR) is 27.5 cm³/mol. The van der Waals surface area contributed by atoms with E-state index in [9.17, 15) is 8.42 Å². The minimum atomic E-state index is -2.74. The second-order valence-corrected chi connectivity index (χ2v) is 3.74. The summed E-state index contributed by atoms with van der Waals surface area (Å²) in [5.41, 5.74) is 3.39. The van der Waals surface area contributed by atoms with Crippen molar-refractivity contribution in [1.82, 2.24) is 0 Å². The molecule has 3 nitrogen and oxygen atoms in total. The molecule has 0 aliphatic rings. The van der Waals surface area contributed by atoms with Gasteiger partial charge in [-0.25, -0.2) is 8.42 Å². The zero-order valence-electron chi connectivity index (χ0n) is 4.35. The summed E-state index contributed by atoms with van der Waals surface area (Å²) in [5, 5.41) is 0. The van der Waals surface area contributed by atoms with Crippen LogP contribution in [0.4, 0.5) is 0 Å². The zero-order valence-corrected chi connectivity index (χ0v) is 5.16. The SMILES string of the molecule is CS(=O)(=O)CC[NH3+]. The van der Waals surface area contributed by atoms with E-state index in [2.05, 4.69) is 5.73 Å². The molecule has 7 heavy (non-hydrogen) atoms. The van der Waals surface area contributed by atoms with Gasteiger partial charge >= 0.3 is 0 Å². The van der Waals surface area contributed by atoms with E-state index in [1.807, 2.05) is 0 Å². The first-order valence-electron chi connectivity index (χ1n) is 2.03. The second kappa shape index (κ2) is 2.28. The summed E-state index contributed by atoms with van der Waals surface area (Å²) < 4.78 is 20.4. The Morgan fingerprint density at radius 3 is 2.00 bits per heavy atom. The van der Waals surface area contributed by atoms with Crippen LogP contribution in [0.25, 0.3) is 0 Å². The molecule has 0 aromatic rings. The smallest absolute Gasteiger partial charge is 0.152 e. The fourth-order valence-corrected chi connectivity index (χ4v) is 0.787. The van der Waals surface area contributed by atoms with Crippen LogP contribution >= 0.6 is 0 Å². The monoisotopic (exact) mass is 124 g/mol. The molecule has 0 radical (unpaired) electrons. The molecule has 0 aliphatic carbocycles. The van der Waals surface area contributed by atoms with E-state index in [-0.39, 0.29) is 5.75 Å². The van der Waals surface area contributed by atoms with Crippen LogP contribution in [0.15, 0.2) is 0 Å². The number of rotatable bonds is 2. The van der Waals surface area contributed by atoms with Crippen molar-refractivity contribution in [2.45, 2.75) is 0 Å². The molecule has 0 aromatic heterocycles. The van der Waals surface area contributed by atoms with E-state index in [1.54, 1.807) is 0 Å². The summed E-state index contributed by atoms with van der Waals surface area (Å²) in [6.45, 7) is 0.471. The van der Waals surface area contributed by atoms with Crippen LogP contribution in [0.1, 0.15) is 0 Å². The first-order valence-corrected chi connectivity index (χ1v) is 4.09. The van der Waals surface area contributed by atoms with Crippen LogP contribution in [0.2, 0.25) is 0 Å². The average molecular weight is 124 g/mol. The van der Waals surface area contributed by atoms with E-state index >= 15 is 0 Å². The molecule has 0 rings (SSSR count). The maximum atomic E-state index is 10.2. The van der Waals surface area contributed by atoms with Crippen molar-refractivity contribution in [2.75, 3.05) is 18.6 Å². The Balaban J connectivity index is 3.60. The van der Waals surface area contributed by atoms with Gasteiger partial charge in [0.2, 0.25) is 0 Å². The normalized spacial score (nSPS) is 11.7. The maximum absolute atomic E-state index is 10.2. The molecule has 0 heterocycles. The van der Waals surface area contributed by atoms with Crippen molar-refractivity contribution >= 4 is 9.84 Å². The average Bonchev–Trinajstić information content (AvgIpc) is 1.30. The lowest BCUT2D eigenvalue weighted by Crippen LogP contribution is -2.52. The third-order valence-corrected chi connectivity index (χ3v) is 1.55. The van der Waals surface area contributed by atoms with Gasteiger partial charge in [0.25, 0.3) is 0 Å². The molecule has 0 spiro atoms. The van der Waals surface area contributed by atoms with E-state index in [1.165, 1.54) is 6.26 Å². The Bertz CT molecular complexity index is 126. The lowest BCUT2D eigenvalue weighted by Gasteiger charge is -1.85. The van der Waals surface area contributed by atoms with Gasteiger partial charge in [-0.15, -0.1) is 0 Å². The Morgan fingerprint density at radius 1 is 1.57 bits per heavy atom. The quantitative estimate of drug-likeness (QED) is 0.475. The largest absolute Gasteiger partial charge is 0.357 e. The van der Waals surface area contributed by atoms with E-state index in [4.69, 9.17) is 0 Å². The van der Waals surface area contributed by atoms with Gasteiger partial charge in [-0.05, 0) is 0 Å². The van der Waals surface area contributed by atoms with Gasteiger partial charge in [0.1, 0.15) is 0 Å². The number of hydrogen-bond donors (Lipinski definition) is 1. The standard InChI is InChI=1S/C3H9NO2S/c1-7(5,6)3-2-4/h2-4H2,1H3/p+1. The minimum absolute atomic E-state index is 0.201. The zero-order chi connectivity index (χ0) is 5.91. The summed E-state index contributed by atoms with van der Waals surface area (Å²) >= 11 is 0. The third-order valence-electron chi connectivity index (χ3n) is 0.515. The summed E-state index contributed by atoms with van der Waals surface area (Å²) in [5.74, 6) is 0.201. The molecule has 0 atom stereocenters. The third kappa shape index (κ3) is 5.91. The molecule has 0 saturated carbocycles. The molecule has 0 aliphatic heterocycles. The van der Waals surface area contributed by atoms with E-state index in [0.29, 0.717) is 6.54 Å². The summed E-state index contributed by atoms with van der Waals surface area (Å²) in [6, 6.07) is 0. The van der Waals surface area contributed by atoms with Crippen LogP contribution < -0.4 is 5.73 Å². The van der Waals surface area contributed by atoms with Crippen molar-refractivity contribution in [3.8, 4) is 0 Å². The Labute approximate surface area is 43.4 Å². The molecule has 0 saturated heterocycles. The molecule has 0 bridgehead atoms. The van der Waals surface area contributed by atoms with Crippen molar-refractivity contribution in [3.63, 3.8) is 0 Å². The van der Waals surface area contributed by atoms with Gasteiger partial charge in [0.05, 0.1) is 12.3 Å². The number of hydrogen-bond acceptors (Lipinski definition) is 2. The highest BCUT2D eigenvalue weighted by Crippen LogP contribution is 1.74. The lowest BCUT2D eigenvalue weighted by atomic mass is 10.8. The van der Waals surface area contributed by atoms with Crippen molar-refractivity contribution < 1.29 is 14.2 Å². The number of quaternary nitrogens is 1. The van der Waals surface area contributed by atoms with Crippen molar-refractivity contribution in [3.05, 3.63) is 0 Å². The van der Waals surface area contributed by atoms with E-state index < -0.39 is 9.84 Å². The second-order valence-electron chi connectivity index (χ2n) is 1.48. The van der Waals surface area contributed by atoms with Gasteiger partial charge in [0, 0.05) is 6.26 Å². The Kier molecular flexibility index (Phi) is 2.25. The van der Waals surface area contributed by atoms with Gasteiger partial charge in [-0.3, -0.25) is 0 Å². The molecule has 4 heteroatoms. The highest BCUT2D eigenvalue weighted by molar-refractivity contribution is 7.90. The van der Waals surface area contributed by atoms with Crippen molar-refractivity contribution in [1.29, 1.82) is 0 Å². The first-order chi connectivity index (χ1) is 3.06. The topological polar surface area (TPSA) is 61.8 Å². The highest BCUT2D eigenvalue weighted by Gasteiger charge is 1.97. The van der Waals surface area contributed by atoms with Crippen LogP contribution in [-0.2, 0) is 9.84 Å². The van der Waals surface area contributed by atoms with Crippen LogP contribution in [0.5, 0.6) is 0 Å². The van der Waals surface area contributed by atoms with Gasteiger partial charge < -0.3 is 5.73 Å². The summed E-state index contributed by atoms with van der Waals surface area (Å²) in [7, 11) is -2.74. The number of sulfone groups is 1. The van der Waals surface area contributed by atoms with E-state index in [0.717, 1.165) is 0 Å². The first kappa shape index (κ1) is 6.91. The Morgan fingerprint density at radius 2 is 2.00 bits per heavy atom. The highest BCUT2D eigenvalue weighted by atomic mass is 32.2. The van der Waals surface area contributed by atoms with Crippen LogP contribution in [0.3, 0.4) is 0 Å². The van der Waals surface area contributed by atoms with Crippen LogP contribution in [-0.4, -0.2) is 27.0 Å². The van der Waals surface area contributed by atoms with Crippen LogP contribution in [0, 0.1) is 0 Å².